The molecule has 0 aliphatic heterocycles. The molecular weight excluding hydrogens is 603 g/mol. The van der Waals surface area contributed by atoms with Crippen LogP contribution in [0.5, 0.6) is 0 Å². The molecule has 0 unspecified atom stereocenters. The number of aryl methyl sites for hydroxylation is 1. The highest BCUT2D eigenvalue weighted by Crippen LogP contribution is 2.13. The molecule has 3 aromatic carbocycles. The van der Waals surface area contributed by atoms with E-state index in [0.29, 0.717) is 19.3 Å². The molecule has 9 nitrogen and oxygen atoms in total. The number of amides is 2. The first-order chi connectivity index (χ1) is 21.8. The number of carboxylic acid groups (broad SMARTS) is 1. The minimum absolute atomic E-state index is 0.100. The molecule has 12 heteroatoms. The summed E-state index contributed by atoms with van der Waals surface area (Å²) in [5.74, 6) is -4.00. The SMILES string of the molecule is CC(C)C[C@@H](NC(=O)[C@H](N)CCc1ccccc1)C(=O)N[C@H](Cc1ccccc1)C(=O)OCc1ccccc1.O=C(O)C(F)(F)F. The van der Waals surface area contributed by atoms with E-state index in [1.165, 1.54) is 0 Å². The predicted molar refractivity (Wildman–Crippen MR) is 166 cm³/mol. The second-order valence-electron chi connectivity index (χ2n) is 11.0. The molecule has 0 fully saturated rings. The molecule has 0 saturated carbocycles. The molecule has 5 N–H and O–H groups in total. The van der Waals surface area contributed by atoms with Crippen LogP contribution in [0.2, 0.25) is 0 Å². The van der Waals surface area contributed by atoms with Gasteiger partial charge in [-0.3, -0.25) is 9.59 Å². The van der Waals surface area contributed by atoms with Crippen molar-refractivity contribution in [1.82, 2.24) is 10.6 Å². The standard InChI is InChI=1S/C32H39N3O4.C2HF3O2/c1-23(2)20-28(34-30(36)27(33)19-18-24-12-6-3-7-13-24)31(37)35-29(21-25-14-8-4-9-15-25)32(38)39-22-26-16-10-5-11-17-26;3-2(4,5)1(6)7/h3-17,23,27-29H,18-22,33H2,1-2H3,(H,34,36)(H,35,37);(H,6,7)/t27-,28-,29-;/m1./s1. The van der Waals surface area contributed by atoms with Crippen molar-refractivity contribution in [3.8, 4) is 0 Å². The van der Waals surface area contributed by atoms with Crippen molar-refractivity contribution in [3.05, 3.63) is 108 Å². The maximum Gasteiger partial charge on any atom is 0.490 e. The van der Waals surface area contributed by atoms with E-state index in [4.69, 9.17) is 20.4 Å². The molecule has 2 amide bonds. The molecule has 0 aromatic heterocycles. The van der Waals surface area contributed by atoms with Crippen molar-refractivity contribution in [3.63, 3.8) is 0 Å². The zero-order chi connectivity index (χ0) is 34.1. The number of aliphatic carboxylic acids is 1. The number of carbonyl (C=O) groups is 4. The first kappa shape index (κ1) is 37.5. The van der Waals surface area contributed by atoms with Gasteiger partial charge in [0, 0.05) is 6.42 Å². The maximum atomic E-state index is 13.4. The molecule has 0 heterocycles. The summed E-state index contributed by atoms with van der Waals surface area (Å²) in [5, 5.41) is 12.8. The first-order valence-corrected chi connectivity index (χ1v) is 14.7. The van der Waals surface area contributed by atoms with Crippen LogP contribution in [0.3, 0.4) is 0 Å². The number of carboxylic acids is 1. The lowest BCUT2D eigenvalue weighted by molar-refractivity contribution is -0.192. The fourth-order valence-corrected chi connectivity index (χ4v) is 4.22. The van der Waals surface area contributed by atoms with Gasteiger partial charge in [0.05, 0.1) is 6.04 Å². The average molecular weight is 644 g/mol. The summed E-state index contributed by atoms with van der Waals surface area (Å²) in [5.41, 5.74) is 9.00. The first-order valence-electron chi connectivity index (χ1n) is 14.7. The van der Waals surface area contributed by atoms with Gasteiger partial charge >= 0.3 is 18.1 Å². The van der Waals surface area contributed by atoms with Crippen LogP contribution in [0, 0.1) is 5.92 Å². The molecule has 46 heavy (non-hydrogen) atoms. The van der Waals surface area contributed by atoms with Crippen molar-refractivity contribution >= 4 is 23.8 Å². The molecule has 3 rings (SSSR count). The zero-order valence-electron chi connectivity index (χ0n) is 25.7. The Labute approximate surface area is 266 Å². The van der Waals surface area contributed by atoms with Crippen molar-refractivity contribution in [2.45, 2.75) is 70.4 Å². The van der Waals surface area contributed by atoms with Gasteiger partial charge in [-0.15, -0.1) is 0 Å². The van der Waals surface area contributed by atoms with Crippen molar-refractivity contribution in [2.75, 3.05) is 0 Å². The van der Waals surface area contributed by atoms with Crippen LogP contribution in [-0.2, 0) is 43.4 Å². The van der Waals surface area contributed by atoms with E-state index in [2.05, 4.69) is 10.6 Å². The van der Waals surface area contributed by atoms with Crippen LogP contribution in [0.25, 0.3) is 0 Å². The highest BCUT2D eigenvalue weighted by atomic mass is 19.4. The Balaban J connectivity index is 0.000000942. The molecule has 0 aliphatic carbocycles. The molecule has 3 aromatic rings. The molecule has 0 spiro atoms. The monoisotopic (exact) mass is 643 g/mol. The van der Waals surface area contributed by atoms with Gasteiger partial charge in [0.25, 0.3) is 0 Å². The molecule has 0 bridgehead atoms. The number of nitrogens with two attached hydrogens (primary N) is 1. The van der Waals surface area contributed by atoms with E-state index >= 15 is 0 Å². The summed E-state index contributed by atoms with van der Waals surface area (Å²) in [6, 6.07) is 26.1. The lowest BCUT2D eigenvalue weighted by Crippen LogP contribution is -2.55. The number of rotatable bonds is 14. The number of benzene rings is 3. The van der Waals surface area contributed by atoms with Crippen LogP contribution in [0.1, 0.15) is 43.4 Å². The topological polar surface area (TPSA) is 148 Å². The third-order valence-electron chi connectivity index (χ3n) is 6.61. The number of halogens is 3. The number of nitrogens with one attached hydrogen (secondary N) is 2. The van der Waals surface area contributed by atoms with Gasteiger partial charge in [-0.2, -0.15) is 13.2 Å². The smallest absolute Gasteiger partial charge is 0.475 e. The summed E-state index contributed by atoms with van der Waals surface area (Å²) in [7, 11) is 0. The third kappa shape index (κ3) is 14.4. The number of hydrogen-bond donors (Lipinski definition) is 4. The third-order valence-corrected chi connectivity index (χ3v) is 6.61. The predicted octanol–water partition coefficient (Wildman–Crippen LogP) is 4.58. The van der Waals surface area contributed by atoms with Crippen LogP contribution in [-0.4, -0.2) is 53.2 Å². The summed E-state index contributed by atoms with van der Waals surface area (Å²) < 4.78 is 37.3. The van der Waals surface area contributed by atoms with Gasteiger partial charge in [0.1, 0.15) is 18.7 Å². The number of carbonyl (C=O) groups excluding carboxylic acids is 3. The summed E-state index contributed by atoms with van der Waals surface area (Å²) in [6.07, 6.45) is -3.31. The van der Waals surface area contributed by atoms with Gasteiger partial charge in [-0.1, -0.05) is 105 Å². The number of alkyl halides is 3. The highest BCUT2D eigenvalue weighted by Gasteiger charge is 2.38. The lowest BCUT2D eigenvalue weighted by Gasteiger charge is -2.25. The minimum atomic E-state index is -5.08. The zero-order valence-corrected chi connectivity index (χ0v) is 25.7. The van der Waals surface area contributed by atoms with Crippen LogP contribution in [0.15, 0.2) is 91.0 Å². The van der Waals surface area contributed by atoms with Gasteiger partial charge in [-0.25, -0.2) is 9.59 Å². The minimum Gasteiger partial charge on any atom is -0.475 e. The Hall–Kier alpha value is -4.71. The number of hydrogen-bond acceptors (Lipinski definition) is 6. The Morgan fingerprint density at radius 1 is 0.761 bits per heavy atom. The van der Waals surface area contributed by atoms with E-state index in [1.54, 1.807) is 0 Å². The van der Waals surface area contributed by atoms with Crippen molar-refractivity contribution in [2.24, 2.45) is 11.7 Å². The van der Waals surface area contributed by atoms with Crippen LogP contribution < -0.4 is 16.4 Å². The van der Waals surface area contributed by atoms with E-state index < -0.39 is 48.1 Å². The lowest BCUT2D eigenvalue weighted by atomic mass is 10.00. The Morgan fingerprint density at radius 2 is 1.22 bits per heavy atom. The fourth-order valence-electron chi connectivity index (χ4n) is 4.22. The number of ether oxygens (including phenoxy) is 1. The van der Waals surface area contributed by atoms with Crippen molar-refractivity contribution < 1.29 is 42.2 Å². The van der Waals surface area contributed by atoms with Gasteiger partial charge < -0.3 is 26.2 Å². The fraction of sp³-hybridized carbons (Fsp3) is 0.353. The van der Waals surface area contributed by atoms with Gasteiger partial charge in [-0.05, 0) is 41.9 Å². The van der Waals surface area contributed by atoms with E-state index in [0.717, 1.165) is 16.7 Å². The van der Waals surface area contributed by atoms with E-state index in [1.807, 2.05) is 105 Å². The van der Waals surface area contributed by atoms with Crippen LogP contribution >= 0.6 is 0 Å². The Kier molecular flexibility index (Phi) is 15.4. The normalized spacial score (nSPS) is 12.9. The van der Waals surface area contributed by atoms with Gasteiger partial charge in [0.15, 0.2) is 0 Å². The highest BCUT2D eigenvalue weighted by molar-refractivity contribution is 5.92. The van der Waals surface area contributed by atoms with Gasteiger partial charge in [0.2, 0.25) is 11.8 Å². The molecule has 0 aliphatic rings. The molecule has 248 valence electrons. The van der Waals surface area contributed by atoms with Crippen molar-refractivity contribution in [1.29, 1.82) is 0 Å². The quantitative estimate of drug-likeness (QED) is 0.188. The van der Waals surface area contributed by atoms with Crippen LogP contribution in [0.4, 0.5) is 13.2 Å². The largest absolute Gasteiger partial charge is 0.490 e. The summed E-state index contributed by atoms with van der Waals surface area (Å²) in [4.78, 5) is 48.3. The maximum absolute atomic E-state index is 13.4. The number of esters is 1. The molecule has 0 radical (unpaired) electrons. The molecular formula is C34H40F3N3O6. The summed E-state index contributed by atoms with van der Waals surface area (Å²) in [6.45, 7) is 4.04. The average Bonchev–Trinajstić information content (AvgIpc) is 3.02. The van der Waals surface area contributed by atoms with E-state index in [-0.39, 0.29) is 18.9 Å². The molecule has 0 saturated heterocycles. The van der Waals surface area contributed by atoms with E-state index in [9.17, 15) is 27.6 Å². The summed E-state index contributed by atoms with van der Waals surface area (Å²) >= 11 is 0. The molecule has 3 atom stereocenters. The second-order valence-corrected chi connectivity index (χ2v) is 11.0. The Morgan fingerprint density at radius 3 is 1.70 bits per heavy atom. The second kappa shape index (κ2) is 18.9. The Bertz CT molecular complexity index is 1370.